The maximum absolute atomic E-state index is 12.8. The number of halogens is 3. The quantitative estimate of drug-likeness (QED) is 0.639. The van der Waals surface area contributed by atoms with E-state index in [1.165, 1.54) is 6.33 Å². The highest BCUT2D eigenvalue weighted by molar-refractivity contribution is 7.18. The van der Waals surface area contributed by atoms with E-state index in [0.717, 1.165) is 55.3 Å². The van der Waals surface area contributed by atoms with Gasteiger partial charge in [0.1, 0.15) is 17.0 Å². The monoisotopic (exact) mass is 448 g/mol. The number of aliphatic hydroxyl groups is 1. The van der Waals surface area contributed by atoms with Crippen molar-refractivity contribution >= 4 is 27.4 Å². The summed E-state index contributed by atoms with van der Waals surface area (Å²) >= 11 is 1.09. The van der Waals surface area contributed by atoms with Gasteiger partial charge < -0.3 is 10.0 Å². The second kappa shape index (κ2) is 7.72. The molecule has 2 aliphatic heterocycles. The van der Waals surface area contributed by atoms with Gasteiger partial charge in [0.05, 0.1) is 24.5 Å². The van der Waals surface area contributed by atoms with Crippen LogP contribution >= 0.6 is 11.3 Å². The summed E-state index contributed by atoms with van der Waals surface area (Å²) in [6.45, 7) is 3.49. The Bertz CT molecular complexity index is 1070. The number of likely N-dealkylation sites (tertiary alicyclic amines) is 1. The molecule has 5 rings (SSSR count). The Labute approximate surface area is 182 Å². The molecule has 164 valence electrons. The van der Waals surface area contributed by atoms with Crippen LogP contribution in [0.3, 0.4) is 0 Å². The molecule has 0 unspecified atom stereocenters. The Morgan fingerprint density at radius 3 is 2.61 bits per heavy atom. The van der Waals surface area contributed by atoms with E-state index in [1.807, 2.05) is 30.3 Å². The van der Waals surface area contributed by atoms with Gasteiger partial charge in [-0.15, -0.1) is 11.3 Å². The van der Waals surface area contributed by atoms with Gasteiger partial charge in [-0.25, -0.2) is 9.97 Å². The molecule has 0 saturated carbocycles. The predicted octanol–water partition coefficient (Wildman–Crippen LogP) is 4.04. The fourth-order valence-electron chi connectivity index (χ4n) is 4.95. The highest BCUT2D eigenvalue weighted by Gasteiger charge is 2.50. The molecule has 4 heterocycles. The van der Waals surface area contributed by atoms with Crippen LogP contribution in [0.25, 0.3) is 10.2 Å². The Hall–Kier alpha value is -2.23. The molecular formula is C22H23F3N4OS. The molecule has 31 heavy (non-hydrogen) atoms. The molecule has 1 N–H and O–H groups in total. The van der Waals surface area contributed by atoms with Crippen molar-refractivity contribution in [3.8, 4) is 0 Å². The van der Waals surface area contributed by atoms with Crippen molar-refractivity contribution in [1.82, 2.24) is 14.9 Å². The van der Waals surface area contributed by atoms with Gasteiger partial charge in [0.2, 0.25) is 0 Å². The maximum atomic E-state index is 12.8. The third-order valence-electron chi connectivity index (χ3n) is 6.35. The van der Waals surface area contributed by atoms with Crippen LogP contribution in [-0.4, -0.2) is 58.9 Å². The molecule has 9 heteroatoms. The van der Waals surface area contributed by atoms with E-state index in [9.17, 15) is 18.3 Å². The van der Waals surface area contributed by atoms with Crippen LogP contribution in [0.1, 0.15) is 22.9 Å². The fourth-order valence-corrected chi connectivity index (χ4v) is 5.97. The number of anilines is 1. The van der Waals surface area contributed by atoms with Crippen molar-refractivity contribution in [2.75, 3.05) is 37.7 Å². The zero-order valence-corrected chi connectivity index (χ0v) is 17.7. The van der Waals surface area contributed by atoms with Crippen LogP contribution in [0, 0.1) is 5.41 Å². The number of fused-ring (bicyclic) bond motifs is 1. The first-order valence-electron chi connectivity index (χ1n) is 10.3. The van der Waals surface area contributed by atoms with Crippen molar-refractivity contribution in [3.05, 3.63) is 53.2 Å². The minimum absolute atomic E-state index is 0.00608. The fraction of sp³-hybridized carbons (Fsp3) is 0.455. The number of nitrogens with zero attached hydrogens (tertiary/aromatic N) is 4. The number of hydrogen-bond donors (Lipinski definition) is 1. The summed E-state index contributed by atoms with van der Waals surface area (Å²) in [5.74, 6) is 0.728. The summed E-state index contributed by atoms with van der Waals surface area (Å²) in [5.41, 5.74) is 1.24. The summed E-state index contributed by atoms with van der Waals surface area (Å²) in [6.07, 6.45) is -2.72. The summed E-state index contributed by atoms with van der Waals surface area (Å²) in [7, 11) is 0. The molecule has 0 aliphatic carbocycles. The third kappa shape index (κ3) is 4.02. The van der Waals surface area contributed by atoms with Crippen molar-refractivity contribution < 1.29 is 18.3 Å². The molecule has 2 aliphatic rings. The van der Waals surface area contributed by atoms with Crippen LogP contribution in [-0.2, 0) is 6.42 Å². The van der Waals surface area contributed by atoms with E-state index in [-0.39, 0.29) is 22.9 Å². The molecule has 2 saturated heterocycles. The zero-order chi connectivity index (χ0) is 21.6. The number of aromatic nitrogens is 2. The average Bonchev–Trinajstić information content (AvgIpc) is 3.31. The van der Waals surface area contributed by atoms with Crippen LogP contribution in [0.15, 0.2) is 42.7 Å². The summed E-state index contributed by atoms with van der Waals surface area (Å²) in [6, 6.07) is 11.6. The predicted molar refractivity (Wildman–Crippen MR) is 114 cm³/mol. The number of rotatable bonds is 5. The molecule has 1 atom stereocenters. The number of aliphatic hydroxyl groups excluding tert-OH is 1. The van der Waals surface area contributed by atoms with Crippen molar-refractivity contribution in [3.63, 3.8) is 0 Å². The van der Waals surface area contributed by atoms with Crippen LogP contribution < -0.4 is 4.90 Å². The first-order chi connectivity index (χ1) is 14.9. The highest BCUT2D eigenvalue weighted by atomic mass is 32.1. The third-order valence-corrected chi connectivity index (χ3v) is 7.39. The normalized spacial score (nSPS) is 19.8. The Kier molecular flexibility index (Phi) is 5.15. The van der Waals surface area contributed by atoms with Gasteiger partial charge in [-0.3, -0.25) is 4.90 Å². The highest BCUT2D eigenvalue weighted by Crippen LogP contribution is 2.45. The van der Waals surface area contributed by atoms with Gasteiger partial charge in [-0.1, -0.05) is 30.3 Å². The zero-order valence-electron chi connectivity index (χ0n) is 16.8. The van der Waals surface area contributed by atoms with E-state index >= 15 is 0 Å². The molecule has 2 fully saturated rings. The molecule has 5 nitrogen and oxygen atoms in total. The molecule has 1 spiro atoms. The molecule has 2 aromatic heterocycles. The van der Waals surface area contributed by atoms with E-state index in [2.05, 4.69) is 19.8 Å². The number of alkyl halides is 3. The molecule has 3 aromatic rings. The molecule has 0 radical (unpaired) electrons. The van der Waals surface area contributed by atoms with Crippen LogP contribution in [0.4, 0.5) is 19.0 Å². The lowest BCUT2D eigenvalue weighted by atomic mass is 9.77. The largest absolute Gasteiger partial charge is 0.394 e. The van der Waals surface area contributed by atoms with Gasteiger partial charge >= 0.3 is 6.18 Å². The van der Waals surface area contributed by atoms with Gasteiger partial charge in [0.15, 0.2) is 0 Å². The topological polar surface area (TPSA) is 52.5 Å². The Balaban J connectivity index is 1.31. The second-order valence-electron chi connectivity index (χ2n) is 8.61. The van der Waals surface area contributed by atoms with Crippen LogP contribution in [0.2, 0.25) is 0 Å². The van der Waals surface area contributed by atoms with Gasteiger partial charge in [-0.2, -0.15) is 13.2 Å². The van der Waals surface area contributed by atoms with Crippen molar-refractivity contribution in [1.29, 1.82) is 0 Å². The minimum atomic E-state index is -4.23. The molecular weight excluding hydrogens is 425 g/mol. The molecule has 1 aromatic carbocycles. The number of benzene rings is 1. The lowest BCUT2D eigenvalue weighted by Crippen LogP contribution is -2.59. The summed E-state index contributed by atoms with van der Waals surface area (Å²) in [4.78, 5) is 14.0. The van der Waals surface area contributed by atoms with E-state index in [1.54, 1.807) is 6.07 Å². The SMILES string of the molecule is OC[C@@H](c1ccccc1)N1CC2(CCN(c3ncnc4sc(CC(F)(F)F)cc34)C2)C1. The van der Waals surface area contributed by atoms with Gasteiger partial charge in [0.25, 0.3) is 0 Å². The molecule has 0 bridgehead atoms. The van der Waals surface area contributed by atoms with Crippen LogP contribution in [0.5, 0.6) is 0 Å². The smallest absolute Gasteiger partial charge is 0.393 e. The number of hydrogen-bond acceptors (Lipinski definition) is 6. The minimum Gasteiger partial charge on any atom is -0.394 e. The Morgan fingerprint density at radius 2 is 1.90 bits per heavy atom. The average molecular weight is 449 g/mol. The van der Waals surface area contributed by atoms with E-state index in [4.69, 9.17) is 0 Å². The molecule has 0 amide bonds. The summed E-state index contributed by atoms with van der Waals surface area (Å²) in [5, 5.41) is 10.6. The first kappa shape index (κ1) is 20.7. The second-order valence-corrected chi connectivity index (χ2v) is 9.72. The lowest BCUT2D eigenvalue weighted by molar-refractivity contribution is -0.126. The van der Waals surface area contributed by atoms with Gasteiger partial charge in [0, 0.05) is 36.5 Å². The standard InChI is InChI=1S/C22H23F3N4OS/c23-22(24,25)9-16-8-17-19(26-14-27-20(17)31-16)28-7-6-21(11-28)12-29(13-21)18(10-30)15-4-2-1-3-5-15/h1-5,8,14,18,30H,6-7,9-13H2/t18-/m0/s1. The van der Waals surface area contributed by atoms with Crippen molar-refractivity contribution in [2.24, 2.45) is 5.41 Å². The van der Waals surface area contributed by atoms with Crippen molar-refractivity contribution in [2.45, 2.75) is 25.1 Å². The lowest BCUT2D eigenvalue weighted by Gasteiger charge is -2.51. The number of thiophene rings is 1. The van der Waals surface area contributed by atoms with Gasteiger partial charge in [-0.05, 0) is 18.1 Å². The first-order valence-corrected chi connectivity index (χ1v) is 11.1. The maximum Gasteiger partial charge on any atom is 0.393 e. The summed E-state index contributed by atoms with van der Waals surface area (Å²) < 4.78 is 38.5. The van der Waals surface area contributed by atoms with E-state index in [0.29, 0.717) is 10.2 Å². The van der Waals surface area contributed by atoms with E-state index < -0.39 is 12.6 Å². The Morgan fingerprint density at radius 1 is 1.13 bits per heavy atom.